The zero-order chi connectivity index (χ0) is 37.8. The van der Waals surface area contributed by atoms with E-state index in [0.29, 0.717) is 24.8 Å². The Bertz CT molecular complexity index is 1540. The third-order valence-corrected chi connectivity index (χ3v) is 19.0. The molecule has 3 N–H and O–H groups in total. The summed E-state index contributed by atoms with van der Waals surface area (Å²) in [6.45, 7) is 3.05. The molecule has 3 aromatic rings. The van der Waals surface area contributed by atoms with Crippen molar-refractivity contribution in [3.05, 3.63) is 95.9 Å². The summed E-state index contributed by atoms with van der Waals surface area (Å²) in [5.41, 5.74) is 0. The molecule has 0 saturated heterocycles. The molecule has 0 radical (unpaired) electrons. The average Bonchev–Trinajstić information content (AvgIpc) is 3.17. The number of rotatable bonds is 22. The van der Waals surface area contributed by atoms with E-state index < -0.39 is 47.7 Å². The predicted octanol–water partition coefficient (Wildman–Crippen LogP) is 4.40. The minimum absolute atomic E-state index is 0.0763. The van der Waals surface area contributed by atoms with Crippen molar-refractivity contribution in [1.29, 1.82) is 0 Å². The molecule has 0 aliphatic rings. The van der Waals surface area contributed by atoms with Crippen LogP contribution in [0.15, 0.2) is 95.6 Å². The van der Waals surface area contributed by atoms with Gasteiger partial charge in [-0.05, 0) is 6.92 Å². The van der Waals surface area contributed by atoms with Crippen molar-refractivity contribution in [3.63, 3.8) is 0 Å². The van der Waals surface area contributed by atoms with E-state index in [2.05, 4.69) is 72.4 Å². The minimum atomic E-state index is -3.16. The number of esters is 2. The van der Waals surface area contributed by atoms with Crippen molar-refractivity contribution >= 4 is 78.3 Å². The van der Waals surface area contributed by atoms with Crippen LogP contribution in [0.25, 0.3) is 0 Å². The number of benzene rings is 3. The summed E-state index contributed by atoms with van der Waals surface area (Å²) in [4.78, 5) is 73.8. The molecule has 0 heterocycles. The van der Waals surface area contributed by atoms with Crippen molar-refractivity contribution < 1.29 is 33.4 Å². The van der Waals surface area contributed by atoms with Crippen molar-refractivity contribution in [2.45, 2.75) is 58.0 Å². The molecular formula is C37H46BrN4O8PS. The zero-order valence-electron chi connectivity index (χ0n) is 29.3. The van der Waals surface area contributed by atoms with Gasteiger partial charge in [-0.15, -0.1) is 4.91 Å². The second-order valence-electron chi connectivity index (χ2n) is 11.8. The van der Waals surface area contributed by atoms with Gasteiger partial charge in [-0.25, -0.2) is 0 Å². The van der Waals surface area contributed by atoms with Gasteiger partial charge in [-0.3, -0.25) is 9.59 Å². The topological polar surface area (TPSA) is 169 Å². The van der Waals surface area contributed by atoms with Gasteiger partial charge < -0.3 is 10.1 Å². The SMILES string of the molecule is CCOC(=O)CNC(=O)[C@H](CSN=O)NC(=O)CC[C@H](NC(=O)CCCCP(Br)(c1ccccc1)(c1ccccc1)c1ccccc1)C(=O)OCC. The molecule has 0 aliphatic carbocycles. The van der Waals surface area contributed by atoms with Crippen LogP contribution in [0.4, 0.5) is 0 Å². The first-order chi connectivity index (χ1) is 25.1. The van der Waals surface area contributed by atoms with Gasteiger partial charge in [0, 0.05) is 22.3 Å². The molecule has 3 aromatic carbocycles. The van der Waals surface area contributed by atoms with Crippen LogP contribution in [0.2, 0.25) is 0 Å². The number of unbranched alkanes of at least 4 members (excludes halogenated alkanes) is 1. The summed E-state index contributed by atoms with van der Waals surface area (Å²) in [6, 6.07) is 28.8. The predicted molar refractivity (Wildman–Crippen MR) is 210 cm³/mol. The molecule has 0 bridgehead atoms. The van der Waals surface area contributed by atoms with Gasteiger partial charge in [0.05, 0.1) is 6.61 Å². The molecule has 52 heavy (non-hydrogen) atoms. The fourth-order valence-corrected chi connectivity index (χ4v) is 14.0. The molecule has 0 fully saturated rings. The average molecular weight is 818 g/mol. The van der Waals surface area contributed by atoms with Gasteiger partial charge in [0.1, 0.15) is 6.54 Å². The molecular weight excluding hydrogens is 771 g/mol. The Kier molecular flexibility index (Phi) is 17.4. The first-order valence-corrected chi connectivity index (χ1v) is 22.5. The normalized spacial score (nSPS) is 12.9. The Morgan fingerprint density at radius 1 is 0.731 bits per heavy atom. The van der Waals surface area contributed by atoms with Crippen molar-refractivity contribution in [2.24, 2.45) is 4.58 Å². The molecule has 15 heteroatoms. The van der Waals surface area contributed by atoms with E-state index in [-0.39, 0.29) is 44.1 Å². The summed E-state index contributed by atoms with van der Waals surface area (Å²) in [6.07, 6.45) is 1.76. The number of ether oxygens (including phenoxy) is 2. The van der Waals surface area contributed by atoms with Gasteiger partial charge in [-0.1, -0.05) is 0 Å². The number of hydrogen-bond acceptors (Lipinski definition) is 10. The maximum atomic E-state index is 13.2. The van der Waals surface area contributed by atoms with Crippen molar-refractivity contribution in [1.82, 2.24) is 16.0 Å². The van der Waals surface area contributed by atoms with Crippen molar-refractivity contribution in [2.75, 3.05) is 31.7 Å². The van der Waals surface area contributed by atoms with Crippen LogP contribution in [0.3, 0.4) is 0 Å². The van der Waals surface area contributed by atoms with E-state index >= 15 is 0 Å². The summed E-state index contributed by atoms with van der Waals surface area (Å²) in [7, 11) is 0. The van der Waals surface area contributed by atoms with Gasteiger partial charge in [0.25, 0.3) is 0 Å². The molecule has 0 aromatic heterocycles. The van der Waals surface area contributed by atoms with Crippen LogP contribution in [0.5, 0.6) is 0 Å². The molecule has 2 atom stereocenters. The Hall–Kier alpha value is -4.13. The van der Waals surface area contributed by atoms with E-state index in [0.717, 1.165) is 6.16 Å². The van der Waals surface area contributed by atoms with Crippen LogP contribution in [-0.2, 0) is 33.4 Å². The Labute approximate surface area is 316 Å². The molecule has 280 valence electrons. The number of carbonyl (C=O) groups excluding carboxylic acids is 5. The molecule has 0 spiro atoms. The molecule has 3 rings (SSSR count). The number of nitrogens with zero attached hydrogens (tertiary/aromatic N) is 1. The number of nitroso groups, excluding NO2 is 1. The fraction of sp³-hybridized carbons (Fsp3) is 0.378. The number of hydrogen-bond donors (Lipinski definition) is 3. The number of amides is 3. The zero-order valence-corrected chi connectivity index (χ0v) is 32.6. The third kappa shape index (κ3) is 11.7. The quantitative estimate of drug-likeness (QED) is 0.0438. The van der Waals surface area contributed by atoms with Crippen LogP contribution in [0, 0.1) is 4.91 Å². The monoisotopic (exact) mass is 816 g/mol. The fourth-order valence-electron chi connectivity index (χ4n) is 5.83. The molecule has 12 nitrogen and oxygen atoms in total. The van der Waals surface area contributed by atoms with Crippen LogP contribution in [0.1, 0.15) is 46.0 Å². The second-order valence-corrected chi connectivity index (χ2v) is 21.6. The number of carbonyl (C=O) groups is 5. The van der Waals surface area contributed by atoms with E-state index in [9.17, 15) is 28.9 Å². The summed E-state index contributed by atoms with van der Waals surface area (Å²) in [5, 5.41) is 7.95. The molecule has 0 aliphatic heterocycles. The number of nitrogens with one attached hydrogen (secondary N) is 3. The van der Waals surface area contributed by atoms with E-state index in [4.69, 9.17) is 9.47 Å². The Morgan fingerprint density at radius 2 is 1.23 bits per heavy atom. The standard InChI is InChI=1S/C37H46BrN4O8PS/c1-3-49-35(45)26-39-36(46)32(27-52-42-48)41-34(44)24-23-31(37(47)50-4-2)40-33(43)22-14-15-25-51(38,28-16-8-5-9-17-28,29-18-10-6-11-19-29)30-20-12-7-13-21-30/h5-13,16-21,31-32H,3-4,14-15,22-27H2,1-2H3,(H,39,46)(H,40,43)(H,41,44)/t31-,32-/m0/s1. The van der Waals surface area contributed by atoms with E-state index in [1.54, 1.807) is 13.8 Å². The maximum absolute atomic E-state index is 13.2. The van der Waals surface area contributed by atoms with Gasteiger partial charge in [-0.2, -0.15) is 0 Å². The first-order valence-electron chi connectivity index (χ1n) is 17.1. The van der Waals surface area contributed by atoms with E-state index in [1.165, 1.54) is 15.9 Å². The third-order valence-electron chi connectivity index (χ3n) is 8.34. The van der Waals surface area contributed by atoms with Gasteiger partial charge in [0.15, 0.2) is 0 Å². The van der Waals surface area contributed by atoms with Crippen LogP contribution in [-0.4, -0.2) is 73.4 Å². The summed E-state index contributed by atoms with van der Waals surface area (Å²) >= 11 is 4.95. The van der Waals surface area contributed by atoms with Gasteiger partial charge in [0.2, 0.25) is 5.91 Å². The van der Waals surface area contributed by atoms with Gasteiger partial charge >= 0.3 is 245 Å². The van der Waals surface area contributed by atoms with Crippen LogP contribution < -0.4 is 31.9 Å². The van der Waals surface area contributed by atoms with Crippen molar-refractivity contribution in [3.8, 4) is 0 Å². The molecule has 0 unspecified atom stereocenters. The first kappa shape index (κ1) is 42.3. The molecule has 0 saturated carbocycles. The Balaban J connectivity index is 1.67. The summed E-state index contributed by atoms with van der Waals surface area (Å²) in [5.74, 6) is -3.21. The number of halogens is 1. The van der Waals surface area contributed by atoms with E-state index in [1.807, 2.05) is 54.6 Å². The molecule has 3 amide bonds. The summed E-state index contributed by atoms with van der Waals surface area (Å²) < 4.78 is 12.6. The van der Waals surface area contributed by atoms with Crippen LogP contribution >= 0.6 is 32.7 Å². The Morgan fingerprint density at radius 3 is 1.73 bits per heavy atom. The second kappa shape index (κ2) is 21.4.